The molecule has 1 saturated carbocycles. The van der Waals surface area contributed by atoms with Gasteiger partial charge in [-0.1, -0.05) is 13.3 Å². The van der Waals surface area contributed by atoms with Crippen molar-refractivity contribution < 1.29 is 0 Å². The van der Waals surface area contributed by atoms with Crippen LogP contribution in [0.2, 0.25) is 0 Å². The SMILES string of the molecule is CCCCN=C(NN)N(Cc1ccsc1)C1CC1. The van der Waals surface area contributed by atoms with Crippen LogP contribution in [-0.2, 0) is 6.54 Å². The summed E-state index contributed by atoms with van der Waals surface area (Å²) in [5.41, 5.74) is 4.11. The highest BCUT2D eigenvalue weighted by Gasteiger charge is 2.31. The molecule has 18 heavy (non-hydrogen) atoms. The first-order valence-electron chi connectivity index (χ1n) is 6.64. The molecule has 0 atom stereocenters. The summed E-state index contributed by atoms with van der Waals surface area (Å²) in [6.45, 7) is 3.93. The minimum absolute atomic E-state index is 0.612. The highest BCUT2D eigenvalue weighted by molar-refractivity contribution is 7.07. The molecule has 5 heteroatoms. The Bertz CT molecular complexity index is 370. The van der Waals surface area contributed by atoms with Gasteiger partial charge < -0.3 is 4.90 Å². The van der Waals surface area contributed by atoms with Gasteiger partial charge in [-0.15, -0.1) is 0 Å². The van der Waals surface area contributed by atoms with E-state index in [1.54, 1.807) is 11.3 Å². The number of hydrazine groups is 1. The molecule has 100 valence electrons. The Kier molecular flexibility index (Phi) is 5.01. The Balaban J connectivity index is 2.00. The number of hydrogen-bond donors (Lipinski definition) is 2. The number of nitrogens with zero attached hydrogens (tertiary/aromatic N) is 2. The molecule has 1 fully saturated rings. The van der Waals surface area contributed by atoms with Crippen LogP contribution >= 0.6 is 11.3 Å². The van der Waals surface area contributed by atoms with Crippen LogP contribution < -0.4 is 11.3 Å². The van der Waals surface area contributed by atoms with Gasteiger partial charge in [0.05, 0.1) is 0 Å². The van der Waals surface area contributed by atoms with Gasteiger partial charge >= 0.3 is 0 Å². The Morgan fingerprint density at radius 2 is 2.44 bits per heavy atom. The molecule has 3 N–H and O–H groups in total. The predicted molar refractivity (Wildman–Crippen MR) is 77.4 cm³/mol. The van der Waals surface area contributed by atoms with E-state index in [0.29, 0.717) is 6.04 Å². The van der Waals surface area contributed by atoms with Crippen molar-refractivity contribution in [1.29, 1.82) is 0 Å². The van der Waals surface area contributed by atoms with Crippen LogP contribution in [-0.4, -0.2) is 23.4 Å². The molecule has 2 rings (SSSR count). The summed E-state index contributed by atoms with van der Waals surface area (Å²) in [4.78, 5) is 6.89. The first-order chi connectivity index (χ1) is 8.85. The van der Waals surface area contributed by atoms with Crippen LogP contribution in [0.25, 0.3) is 0 Å². The molecule has 0 radical (unpaired) electrons. The summed E-state index contributed by atoms with van der Waals surface area (Å²) in [6, 6.07) is 2.78. The standard InChI is InChI=1S/C13H22N4S/c1-2-3-7-15-13(16-14)17(12-4-5-12)9-11-6-8-18-10-11/h6,8,10,12H,2-5,7,9,14H2,1H3,(H,15,16). The second-order valence-electron chi connectivity index (χ2n) is 4.69. The maximum Gasteiger partial charge on any atom is 0.208 e. The van der Waals surface area contributed by atoms with E-state index in [-0.39, 0.29) is 0 Å². The number of aliphatic imine (C=N–C) groups is 1. The van der Waals surface area contributed by atoms with E-state index in [2.05, 4.69) is 39.1 Å². The molecule has 1 aromatic heterocycles. The van der Waals surface area contributed by atoms with Gasteiger partial charge in [-0.25, -0.2) is 5.84 Å². The molecular weight excluding hydrogens is 244 g/mol. The van der Waals surface area contributed by atoms with E-state index in [0.717, 1.165) is 31.9 Å². The van der Waals surface area contributed by atoms with Gasteiger partial charge in [0.25, 0.3) is 0 Å². The first-order valence-corrected chi connectivity index (χ1v) is 7.58. The lowest BCUT2D eigenvalue weighted by Gasteiger charge is -2.25. The Morgan fingerprint density at radius 3 is 3.00 bits per heavy atom. The second kappa shape index (κ2) is 6.75. The van der Waals surface area contributed by atoms with Gasteiger partial charge in [-0.3, -0.25) is 10.4 Å². The number of thiophene rings is 1. The number of nitrogens with one attached hydrogen (secondary N) is 1. The van der Waals surface area contributed by atoms with Crippen LogP contribution in [0.3, 0.4) is 0 Å². The van der Waals surface area contributed by atoms with Crippen molar-refractivity contribution >= 4 is 17.3 Å². The Labute approximate surface area is 113 Å². The van der Waals surface area contributed by atoms with Crippen LogP contribution in [0, 0.1) is 0 Å². The highest BCUT2D eigenvalue weighted by Crippen LogP contribution is 2.28. The summed E-state index contributed by atoms with van der Waals surface area (Å²) in [5.74, 6) is 6.48. The zero-order valence-corrected chi connectivity index (χ0v) is 11.7. The summed E-state index contributed by atoms with van der Waals surface area (Å²) in [6.07, 6.45) is 4.77. The highest BCUT2D eigenvalue weighted by atomic mass is 32.1. The third kappa shape index (κ3) is 3.71. The Hall–Kier alpha value is -1.07. The van der Waals surface area contributed by atoms with Crippen molar-refractivity contribution in [2.75, 3.05) is 6.54 Å². The zero-order valence-electron chi connectivity index (χ0n) is 10.9. The van der Waals surface area contributed by atoms with E-state index < -0.39 is 0 Å². The molecule has 0 spiro atoms. The maximum absolute atomic E-state index is 5.63. The van der Waals surface area contributed by atoms with Crippen LogP contribution in [0.15, 0.2) is 21.8 Å². The van der Waals surface area contributed by atoms with Crippen molar-refractivity contribution in [2.24, 2.45) is 10.8 Å². The number of guanidine groups is 1. The normalized spacial score (nSPS) is 15.8. The van der Waals surface area contributed by atoms with Crippen LogP contribution in [0.4, 0.5) is 0 Å². The number of rotatable bonds is 6. The van der Waals surface area contributed by atoms with E-state index in [1.165, 1.54) is 18.4 Å². The van der Waals surface area contributed by atoms with E-state index in [1.807, 2.05) is 0 Å². The molecule has 4 nitrogen and oxygen atoms in total. The third-order valence-electron chi connectivity index (χ3n) is 3.10. The molecule has 1 heterocycles. The fourth-order valence-electron chi connectivity index (χ4n) is 1.90. The summed E-state index contributed by atoms with van der Waals surface area (Å²) >= 11 is 1.74. The zero-order chi connectivity index (χ0) is 12.8. The lowest BCUT2D eigenvalue weighted by atomic mass is 10.3. The fraction of sp³-hybridized carbons (Fsp3) is 0.615. The van der Waals surface area contributed by atoms with Crippen molar-refractivity contribution in [1.82, 2.24) is 10.3 Å². The minimum atomic E-state index is 0.612. The van der Waals surface area contributed by atoms with Gasteiger partial charge in [-0.2, -0.15) is 11.3 Å². The molecule has 0 unspecified atom stereocenters. The van der Waals surface area contributed by atoms with E-state index in [4.69, 9.17) is 5.84 Å². The van der Waals surface area contributed by atoms with Crippen molar-refractivity contribution in [3.05, 3.63) is 22.4 Å². The second-order valence-corrected chi connectivity index (χ2v) is 5.47. The van der Waals surface area contributed by atoms with Crippen molar-refractivity contribution in [3.63, 3.8) is 0 Å². The lowest BCUT2D eigenvalue weighted by molar-refractivity contribution is 0.386. The van der Waals surface area contributed by atoms with E-state index in [9.17, 15) is 0 Å². The van der Waals surface area contributed by atoms with Crippen LogP contribution in [0.5, 0.6) is 0 Å². The van der Waals surface area contributed by atoms with Gasteiger partial charge in [0.1, 0.15) is 0 Å². The average Bonchev–Trinajstić information content (AvgIpc) is 3.10. The number of nitrogens with two attached hydrogens (primary N) is 1. The molecule has 0 amide bonds. The monoisotopic (exact) mass is 266 g/mol. The molecular formula is C13H22N4S. The van der Waals surface area contributed by atoms with Gasteiger partial charge in [0.2, 0.25) is 5.96 Å². The minimum Gasteiger partial charge on any atom is -0.335 e. The number of hydrogen-bond acceptors (Lipinski definition) is 3. The fourth-order valence-corrected chi connectivity index (χ4v) is 2.56. The molecule has 1 aliphatic rings. The number of unbranched alkanes of at least 4 members (excludes halogenated alkanes) is 1. The molecule has 0 saturated heterocycles. The molecule has 0 aliphatic heterocycles. The predicted octanol–water partition coefficient (Wildman–Crippen LogP) is 2.33. The lowest BCUT2D eigenvalue weighted by Crippen LogP contribution is -2.45. The van der Waals surface area contributed by atoms with Crippen molar-refractivity contribution in [3.8, 4) is 0 Å². The molecule has 0 bridgehead atoms. The van der Waals surface area contributed by atoms with E-state index >= 15 is 0 Å². The molecule has 0 aromatic carbocycles. The average molecular weight is 266 g/mol. The van der Waals surface area contributed by atoms with Gasteiger partial charge in [0, 0.05) is 19.1 Å². The smallest absolute Gasteiger partial charge is 0.208 e. The first kappa shape index (κ1) is 13.4. The summed E-state index contributed by atoms with van der Waals surface area (Å²) < 4.78 is 0. The largest absolute Gasteiger partial charge is 0.335 e. The van der Waals surface area contributed by atoms with Gasteiger partial charge in [0.15, 0.2) is 0 Å². The quantitative estimate of drug-likeness (QED) is 0.273. The third-order valence-corrected chi connectivity index (χ3v) is 3.83. The van der Waals surface area contributed by atoms with Crippen molar-refractivity contribution in [2.45, 2.75) is 45.2 Å². The topological polar surface area (TPSA) is 53.6 Å². The maximum atomic E-state index is 5.63. The Morgan fingerprint density at radius 1 is 1.61 bits per heavy atom. The summed E-state index contributed by atoms with van der Waals surface area (Å²) in [5, 5.41) is 4.31. The van der Waals surface area contributed by atoms with Crippen LogP contribution in [0.1, 0.15) is 38.2 Å². The molecule has 1 aliphatic carbocycles. The summed E-state index contributed by atoms with van der Waals surface area (Å²) in [7, 11) is 0. The molecule has 1 aromatic rings. The van der Waals surface area contributed by atoms with Gasteiger partial charge in [-0.05, 0) is 41.7 Å².